The first-order chi connectivity index (χ1) is 18.6. The standard InChI is InChI=1S/C32H36N2O4/c35-31(26-8-2-1-3-9-26)34-18-17-28(21-34)33-20-24(19-23-13-15-27(16-14-23)32(36)37)22-38-30-12-6-10-25-7-4-5-11-29(25)30/h4-7,10-16,19,26,28,33H,1-3,8-9,17-18,20-22H2,(H,36,37)/b24-19-. The average molecular weight is 513 g/mol. The summed E-state index contributed by atoms with van der Waals surface area (Å²) < 4.78 is 6.30. The number of benzene rings is 3. The van der Waals surface area contributed by atoms with Gasteiger partial charge >= 0.3 is 5.97 Å². The molecule has 1 saturated carbocycles. The summed E-state index contributed by atoms with van der Waals surface area (Å²) in [6, 6.07) is 21.4. The first kappa shape index (κ1) is 26.0. The molecule has 3 aromatic rings. The van der Waals surface area contributed by atoms with Crippen LogP contribution in [-0.2, 0) is 4.79 Å². The summed E-state index contributed by atoms with van der Waals surface area (Å²) in [6.45, 7) is 2.59. The number of aromatic carboxylic acids is 1. The number of nitrogens with one attached hydrogen (secondary N) is 1. The Hall–Kier alpha value is -3.64. The molecule has 38 heavy (non-hydrogen) atoms. The molecule has 2 fully saturated rings. The molecule has 198 valence electrons. The van der Waals surface area contributed by atoms with E-state index >= 15 is 0 Å². The number of carboxylic acid groups (broad SMARTS) is 1. The van der Waals surface area contributed by atoms with Crippen LogP contribution in [-0.4, -0.2) is 54.2 Å². The van der Waals surface area contributed by atoms with Crippen LogP contribution in [0.4, 0.5) is 0 Å². The molecule has 0 radical (unpaired) electrons. The number of carbonyl (C=O) groups is 2. The summed E-state index contributed by atoms with van der Waals surface area (Å²) in [5, 5.41) is 15.1. The molecule has 5 rings (SSSR count). The van der Waals surface area contributed by atoms with Crippen LogP contribution < -0.4 is 10.1 Å². The lowest BCUT2D eigenvalue weighted by molar-refractivity contribution is -0.135. The van der Waals surface area contributed by atoms with E-state index in [2.05, 4.69) is 29.6 Å². The summed E-state index contributed by atoms with van der Waals surface area (Å²) in [6.07, 6.45) is 8.67. The Morgan fingerprint density at radius 1 is 0.947 bits per heavy atom. The molecule has 0 aromatic heterocycles. The van der Waals surface area contributed by atoms with E-state index in [1.54, 1.807) is 12.1 Å². The topological polar surface area (TPSA) is 78.9 Å². The van der Waals surface area contributed by atoms with Crippen LogP contribution in [0.3, 0.4) is 0 Å². The largest absolute Gasteiger partial charge is 0.489 e. The lowest BCUT2D eigenvalue weighted by Gasteiger charge is -2.26. The fourth-order valence-corrected chi connectivity index (χ4v) is 5.60. The molecule has 2 N–H and O–H groups in total. The van der Waals surface area contributed by atoms with Crippen molar-refractivity contribution in [1.82, 2.24) is 10.2 Å². The summed E-state index contributed by atoms with van der Waals surface area (Å²) in [5.74, 6) is 0.444. The van der Waals surface area contributed by atoms with Gasteiger partial charge < -0.3 is 20.1 Å². The van der Waals surface area contributed by atoms with Crippen molar-refractivity contribution in [2.45, 2.75) is 44.6 Å². The zero-order valence-electron chi connectivity index (χ0n) is 21.8. The molecular formula is C32H36N2O4. The van der Waals surface area contributed by atoms with Gasteiger partial charge in [0.25, 0.3) is 0 Å². The van der Waals surface area contributed by atoms with Gasteiger partial charge in [0.1, 0.15) is 12.4 Å². The van der Waals surface area contributed by atoms with E-state index in [1.807, 2.05) is 41.3 Å². The first-order valence-electron chi connectivity index (χ1n) is 13.7. The number of carbonyl (C=O) groups excluding carboxylic acids is 1. The van der Waals surface area contributed by atoms with E-state index in [0.717, 1.165) is 60.0 Å². The maximum absolute atomic E-state index is 13.0. The van der Waals surface area contributed by atoms with E-state index in [-0.39, 0.29) is 17.5 Å². The number of hydrogen-bond acceptors (Lipinski definition) is 4. The number of amides is 1. The van der Waals surface area contributed by atoms with E-state index in [9.17, 15) is 14.7 Å². The quantitative estimate of drug-likeness (QED) is 0.381. The number of ether oxygens (including phenoxy) is 1. The van der Waals surface area contributed by atoms with Crippen LogP contribution in [0.15, 0.2) is 72.3 Å². The van der Waals surface area contributed by atoms with Gasteiger partial charge in [0.2, 0.25) is 5.91 Å². The number of likely N-dealkylation sites (tertiary alicyclic amines) is 1. The van der Waals surface area contributed by atoms with Crippen LogP contribution in [0.1, 0.15) is 54.4 Å². The van der Waals surface area contributed by atoms with Crippen molar-refractivity contribution < 1.29 is 19.4 Å². The van der Waals surface area contributed by atoms with Crippen molar-refractivity contribution in [3.63, 3.8) is 0 Å². The smallest absolute Gasteiger partial charge is 0.335 e. The SMILES string of the molecule is O=C(O)c1ccc(/C=C(/CNC2CCN(C(=O)C3CCCCC3)C2)COc2cccc3ccccc23)cc1. The Morgan fingerprint density at radius 2 is 1.71 bits per heavy atom. The van der Waals surface area contributed by atoms with E-state index in [1.165, 1.54) is 19.3 Å². The van der Waals surface area contributed by atoms with Gasteiger partial charge in [-0.3, -0.25) is 4.79 Å². The number of nitrogens with zero attached hydrogens (tertiary/aromatic N) is 1. The zero-order chi connectivity index (χ0) is 26.3. The van der Waals surface area contributed by atoms with Crippen LogP contribution >= 0.6 is 0 Å². The highest BCUT2D eigenvalue weighted by Crippen LogP contribution is 2.28. The Balaban J connectivity index is 1.26. The number of rotatable bonds is 9. The van der Waals surface area contributed by atoms with Crippen LogP contribution in [0, 0.1) is 5.92 Å². The Labute approximate surface area is 224 Å². The van der Waals surface area contributed by atoms with Gasteiger partial charge in [0.05, 0.1) is 5.56 Å². The van der Waals surface area contributed by atoms with Crippen LogP contribution in [0.5, 0.6) is 5.75 Å². The molecule has 1 atom stereocenters. The monoisotopic (exact) mass is 512 g/mol. The molecule has 1 aliphatic carbocycles. The molecule has 6 heteroatoms. The maximum atomic E-state index is 13.0. The van der Waals surface area contributed by atoms with Gasteiger partial charge in [-0.05, 0) is 54.0 Å². The zero-order valence-corrected chi connectivity index (χ0v) is 21.8. The summed E-state index contributed by atoms with van der Waals surface area (Å²) in [7, 11) is 0. The Morgan fingerprint density at radius 3 is 2.50 bits per heavy atom. The van der Waals surface area contributed by atoms with E-state index in [4.69, 9.17) is 4.74 Å². The molecule has 1 amide bonds. The normalized spacial score (nSPS) is 18.6. The minimum Gasteiger partial charge on any atom is -0.489 e. The second kappa shape index (κ2) is 12.3. The second-order valence-electron chi connectivity index (χ2n) is 10.5. The van der Waals surface area contributed by atoms with Gasteiger partial charge in [-0.1, -0.05) is 73.9 Å². The molecule has 6 nitrogen and oxygen atoms in total. The average Bonchev–Trinajstić information content (AvgIpc) is 3.44. The molecule has 3 aromatic carbocycles. The van der Waals surface area contributed by atoms with Crippen molar-refractivity contribution in [3.05, 3.63) is 83.4 Å². The lowest BCUT2D eigenvalue weighted by atomic mass is 9.88. The van der Waals surface area contributed by atoms with Crippen molar-refractivity contribution in [1.29, 1.82) is 0 Å². The van der Waals surface area contributed by atoms with Crippen molar-refractivity contribution in [2.75, 3.05) is 26.2 Å². The molecule has 0 spiro atoms. The second-order valence-corrected chi connectivity index (χ2v) is 10.5. The number of fused-ring (bicyclic) bond motifs is 1. The molecule has 1 aliphatic heterocycles. The third-order valence-electron chi connectivity index (χ3n) is 7.76. The maximum Gasteiger partial charge on any atom is 0.335 e. The van der Waals surface area contributed by atoms with E-state index in [0.29, 0.717) is 19.1 Å². The highest BCUT2D eigenvalue weighted by atomic mass is 16.5. The van der Waals surface area contributed by atoms with Crippen molar-refractivity contribution in [3.8, 4) is 5.75 Å². The number of carboxylic acids is 1. The van der Waals surface area contributed by atoms with Gasteiger partial charge in [-0.25, -0.2) is 4.79 Å². The fraction of sp³-hybridized carbons (Fsp3) is 0.375. The van der Waals surface area contributed by atoms with Gasteiger partial charge in [-0.2, -0.15) is 0 Å². The predicted octanol–water partition coefficient (Wildman–Crippen LogP) is 5.77. The number of hydrogen-bond donors (Lipinski definition) is 2. The summed E-state index contributed by atoms with van der Waals surface area (Å²) in [4.78, 5) is 26.3. The van der Waals surface area contributed by atoms with Crippen LogP contribution in [0.2, 0.25) is 0 Å². The molecule has 1 saturated heterocycles. The first-order valence-corrected chi connectivity index (χ1v) is 13.7. The molecule has 2 aliphatic rings. The predicted molar refractivity (Wildman–Crippen MR) is 150 cm³/mol. The molecular weight excluding hydrogens is 476 g/mol. The third kappa shape index (κ3) is 6.43. The summed E-state index contributed by atoms with van der Waals surface area (Å²) in [5.41, 5.74) is 2.24. The molecule has 1 heterocycles. The lowest BCUT2D eigenvalue weighted by Crippen LogP contribution is -2.39. The Kier molecular flexibility index (Phi) is 8.39. The molecule has 0 bridgehead atoms. The van der Waals surface area contributed by atoms with Gasteiger partial charge in [-0.15, -0.1) is 0 Å². The third-order valence-corrected chi connectivity index (χ3v) is 7.76. The van der Waals surface area contributed by atoms with Crippen molar-refractivity contribution >= 4 is 28.7 Å². The highest BCUT2D eigenvalue weighted by molar-refractivity contribution is 5.88. The molecule has 1 unspecified atom stereocenters. The van der Waals surface area contributed by atoms with E-state index < -0.39 is 5.97 Å². The highest BCUT2D eigenvalue weighted by Gasteiger charge is 2.31. The van der Waals surface area contributed by atoms with Crippen molar-refractivity contribution in [2.24, 2.45) is 5.92 Å². The fourth-order valence-electron chi connectivity index (χ4n) is 5.60. The minimum absolute atomic E-state index is 0.209. The minimum atomic E-state index is -0.935. The Bertz CT molecular complexity index is 1290. The van der Waals surface area contributed by atoms with Gasteiger partial charge in [0, 0.05) is 37.0 Å². The van der Waals surface area contributed by atoms with Crippen LogP contribution in [0.25, 0.3) is 16.8 Å². The van der Waals surface area contributed by atoms with Gasteiger partial charge in [0.15, 0.2) is 0 Å². The summed E-state index contributed by atoms with van der Waals surface area (Å²) >= 11 is 0.